The molecule has 8 heteroatoms. The molecule has 31 heavy (non-hydrogen) atoms. The van der Waals surface area contributed by atoms with Crippen molar-refractivity contribution in [3.05, 3.63) is 24.1 Å². The summed E-state index contributed by atoms with van der Waals surface area (Å²) in [4.78, 5) is 19.5. The Morgan fingerprint density at radius 1 is 1.16 bits per heavy atom. The number of hydrogen-bond donors (Lipinski definition) is 1. The van der Waals surface area contributed by atoms with Crippen molar-refractivity contribution in [1.82, 2.24) is 20.4 Å². The summed E-state index contributed by atoms with van der Waals surface area (Å²) in [5.41, 5.74) is 0.770. The molecule has 4 rings (SSSR count). The van der Waals surface area contributed by atoms with Crippen molar-refractivity contribution in [3.63, 3.8) is 0 Å². The lowest BCUT2D eigenvalue weighted by molar-refractivity contribution is -0.121. The van der Waals surface area contributed by atoms with Gasteiger partial charge in [-0.1, -0.05) is 11.6 Å². The van der Waals surface area contributed by atoms with E-state index in [1.807, 2.05) is 6.07 Å². The minimum Gasteiger partial charge on any atom is -0.493 e. The first-order valence-corrected chi connectivity index (χ1v) is 11.2. The average Bonchev–Trinajstić information content (AvgIpc) is 3.30. The minimum absolute atomic E-state index is 0.0406. The topological polar surface area (TPSA) is 89.7 Å². The largest absolute Gasteiger partial charge is 0.493 e. The number of piperidine rings is 2. The van der Waals surface area contributed by atoms with Crippen molar-refractivity contribution in [3.8, 4) is 22.9 Å². The van der Waals surface area contributed by atoms with Gasteiger partial charge in [-0.2, -0.15) is 4.98 Å². The second-order valence-electron chi connectivity index (χ2n) is 8.39. The van der Waals surface area contributed by atoms with Crippen LogP contribution in [0.5, 0.6) is 11.5 Å². The third-order valence-electron chi connectivity index (χ3n) is 6.47. The highest BCUT2D eigenvalue weighted by Gasteiger charge is 2.32. The SMILES string of the molecule is COc1ccc(-c2noc(CCC(=O)NC[C@H]3CCCN4CCCC[C@@H]34)n2)cc1OC. The molecule has 1 amide bonds. The lowest BCUT2D eigenvalue weighted by Gasteiger charge is -2.44. The number of carbonyl (C=O) groups is 1. The van der Waals surface area contributed by atoms with Crippen molar-refractivity contribution in [2.75, 3.05) is 33.9 Å². The molecule has 0 unspecified atom stereocenters. The number of carbonyl (C=O) groups excluding carboxylic acids is 1. The van der Waals surface area contributed by atoms with Crippen molar-refractivity contribution < 1.29 is 18.8 Å². The first-order chi connectivity index (χ1) is 15.2. The predicted molar refractivity (Wildman–Crippen MR) is 116 cm³/mol. The van der Waals surface area contributed by atoms with Crippen LogP contribution >= 0.6 is 0 Å². The van der Waals surface area contributed by atoms with Gasteiger partial charge in [0.1, 0.15) is 0 Å². The number of nitrogens with zero attached hydrogens (tertiary/aromatic N) is 3. The van der Waals surface area contributed by atoms with Crippen LogP contribution in [-0.2, 0) is 11.2 Å². The standard InChI is InChI=1S/C23H32N4O4/c1-29-19-9-8-16(14-20(19)30-2)23-25-22(31-26-23)11-10-21(28)24-15-17-6-5-13-27-12-4-3-7-18(17)27/h8-9,14,17-18H,3-7,10-13,15H2,1-2H3,(H,24,28)/t17-,18+/m1/s1. The Bertz CT molecular complexity index is 882. The highest BCUT2D eigenvalue weighted by molar-refractivity contribution is 5.76. The number of hydrogen-bond acceptors (Lipinski definition) is 7. The molecule has 0 radical (unpaired) electrons. The maximum atomic E-state index is 12.4. The van der Waals surface area contributed by atoms with Gasteiger partial charge in [0.15, 0.2) is 11.5 Å². The lowest BCUT2D eigenvalue weighted by Crippen LogP contribution is -2.51. The van der Waals surface area contributed by atoms with Crippen molar-refractivity contribution in [2.45, 2.75) is 51.0 Å². The van der Waals surface area contributed by atoms with Gasteiger partial charge in [-0.3, -0.25) is 4.79 Å². The number of amides is 1. The second kappa shape index (κ2) is 10.1. The third kappa shape index (κ3) is 5.18. The number of nitrogens with one attached hydrogen (secondary N) is 1. The van der Waals surface area contributed by atoms with Gasteiger partial charge in [-0.25, -0.2) is 0 Å². The van der Waals surface area contributed by atoms with E-state index in [0.717, 1.165) is 12.1 Å². The maximum absolute atomic E-state index is 12.4. The van der Waals surface area contributed by atoms with Crippen LogP contribution in [0.1, 0.15) is 44.4 Å². The fourth-order valence-corrected chi connectivity index (χ4v) is 4.82. The summed E-state index contributed by atoms with van der Waals surface area (Å²) >= 11 is 0. The van der Waals surface area contributed by atoms with Gasteiger partial charge in [-0.05, 0) is 62.9 Å². The Labute approximate surface area is 183 Å². The molecule has 0 saturated carbocycles. The highest BCUT2D eigenvalue weighted by atomic mass is 16.5. The van der Waals surface area contributed by atoms with Gasteiger partial charge in [0.05, 0.1) is 14.2 Å². The molecular weight excluding hydrogens is 396 g/mol. The monoisotopic (exact) mass is 428 g/mol. The van der Waals surface area contributed by atoms with E-state index in [-0.39, 0.29) is 5.91 Å². The van der Waals surface area contributed by atoms with Gasteiger partial charge in [-0.15, -0.1) is 0 Å². The van der Waals surface area contributed by atoms with E-state index in [9.17, 15) is 4.79 Å². The third-order valence-corrected chi connectivity index (χ3v) is 6.47. The predicted octanol–water partition coefficient (Wildman–Crippen LogP) is 3.07. The smallest absolute Gasteiger partial charge is 0.227 e. The van der Waals surface area contributed by atoms with E-state index < -0.39 is 0 Å². The van der Waals surface area contributed by atoms with E-state index in [4.69, 9.17) is 14.0 Å². The van der Waals surface area contributed by atoms with Gasteiger partial charge in [0.2, 0.25) is 17.6 Å². The Hall–Kier alpha value is -2.61. The van der Waals surface area contributed by atoms with Crippen LogP contribution in [-0.4, -0.2) is 60.8 Å². The zero-order chi connectivity index (χ0) is 21.6. The summed E-state index contributed by atoms with van der Waals surface area (Å²) in [6.07, 6.45) is 7.09. The van der Waals surface area contributed by atoms with Crippen LogP contribution in [0, 0.1) is 5.92 Å². The zero-order valence-corrected chi connectivity index (χ0v) is 18.4. The van der Waals surface area contributed by atoms with Crippen LogP contribution in [0.15, 0.2) is 22.7 Å². The average molecular weight is 429 g/mol. The Balaban J connectivity index is 1.27. The molecule has 0 aliphatic carbocycles. The summed E-state index contributed by atoms with van der Waals surface area (Å²) in [6.45, 7) is 3.20. The summed E-state index contributed by atoms with van der Waals surface area (Å²) in [6, 6.07) is 6.10. The number of aromatic nitrogens is 2. The molecule has 1 aromatic carbocycles. The zero-order valence-electron chi connectivity index (χ0n) is 18.4. The van der Waals surface area contributed by atoms with Gasteiger partial charge in [0, 0.05) is 31.0 Å². The Morgan fingerprint density at radius 3 is 2.84 bits per heavy atom. The van der Waals surface area contributed by atoms with Gasteiger partial charge in [0.25, 0.3) is 0 Å². The summed E-state index contributed by atoms with van der Waals surface area (Å²) < 4.78 is 15.9. The number of benzene rings is 1. The molecule has 8 nitrogen and oxygen atoms in total. The van der Waals surface area contributed by atoms with Gasteiger partial charge >= 0.3 is 0 Å². The quantitative estimate of drug-likeness (QED) is 0.691. The number of ether oxygens (including phenoxy) is 2. The molecule has 0 spiro atoms. The lowest BCUT2D eigenvalue weighted by atomic mass is 9.83. The highest BCUT2D eigenvalue weighted by Crippen LogP contribution is 2.32. The molecule has 0 bridgehead atoms. The minimum atomic E-state index is 0.0406. The van der Waals surface area contributed by atoms with E-state index in [1.54, 1.807) is 26.4 Å². The number of aryl methyl sites for hydroxylation is 1. The second-order valence-corrected chi connectivity index (χ2v) is 8.39. The Morgan fingerprint density at radius 2 is 2.00 bits per heavy atom. The molecule has 1 N–H and O–H groups in total. The summed E-state index contributed by atoms with van der Waals surface area (Å²) in [5, 5.41) is 7.18. The first-order valence-electron chi connectivity index (χ1n) is 11.2. The van der Waals surface area contributed by atoms with Gasteiger partial charge < -0.3 is 24.2 Å². The number of methoxy groups -OCH3 is 2. The molecule has 2 fully saturated rings. The van der Waals surface area contributed by atoms with Crippen molar-refractivity contribution >= 4 is 5.91 Å². The van der Waals surface area contributed by atoms with E-state index in [1.165, 1.54) is 45.2 Å². The summed E-state index contributed by atoms with van der Waals surface area (Å²) in [5.74, 6) is 2.77. The number of fused-ring (bicyclic) bond motifs is 1. The first kappa shape index (κ1) is 21.6. The molecular formula is C23H32N4O4. The molecule has 2 aliphatic heterocycles. The summed E-state index contributed by atoms with van der Waals surface area (Å²) in [7, 11) is 3.18. The van der Waals surface area contributed by atoms with E-state index in [0.29, 0.717) is 48.0 Å². The van der Waals surface area contributed by atoms with Crippen LogP contribution < -0.4 is 14.8 Å². The molecule has 2 aliphatic rings. The van der Waals surface area contributed by atoms with Crippen LogP contribution in [0.4, 0.5) is 0 Å². The van der Waals surface area contributed by atoms with Crippen molar-refractivity contribution in [1.29, 1.82) is 0 Å². The fraction of sp³-hybridized carbons (Fsp3) is 0.609. The maximum Gasteiger partial charge on any atom is 0.227 e. The molecule has 1 aromatic heterocycles. The molecule has 2 aromatic rings. The molecule has 3 heterocycles. The van der Waals surface area contributed by atoms with Crippen LogP contribution in [0.3, 0.4) is 0 Å². The normalized spacial score (nSPS) is 21.4. The molecule has 2 saturated heterocycles. The van der Waals surface area contributed by atoms with E-state index in [2.05, 4.69) is 20.4 Å². The Kier molecular flexibility index (Phi) is 7.06. The number of rotatable bonds is 8. The molecule has 168 valence electrons. The van der Waals surface area contributed by atoms with Crippen LogP contribution in [0.25, 0.3) is 11.4 Å². The van der Waals surface area contributed by atoms with Crippen LogP contribution in [0.2, 0.25) is 0 Å². The molecule has 2 atom stereocenters. The van der Waals surface area contributed by atoms with E-state index >= 15 is 0 Å². The van der Waals surface area contributed by atoms with Crippen molar-refractivity contribution in [2.24, 2.45) is 5.92 Å². The fourth-order valence-electron chi connectivity index (χ4n) is 4.82.